The summed E-state index contributed by atoms with van der Waals surface area (Å²) in [7, 11) is 0. The Hall–Kier alpha value is -1.91. The molecule has 0 aromatic heterocycles. The summed E-state index contributed by atoms with van der Waals surface area (Å²) in [5, 5.41) is 8.80. The van der Waals surface area contributed by atoms with E-state index >= 15 is 0 Å². The lowest BCUT2D eigenvalue weighted by molar-refractivity contribution is -0.148. The number of rotatable bonds is 7. The van der Waals surface area contributed by atoms with Crippen LogP contribution in [0.5, 0.6) is 0 Å². The highest BCUT2D eigenvalue weighted by Gasteiger charge is 2.45. The van der Waals surface area contributed by atoms with Gasteiger partial charge in [-0.25, -0.2) is 4.39 Å². The Kier molecular flexibility index (Phi) is 5.16. The molecule has 1 amide bonds. The number of carboxylic acid groups (broad SMARTS) is 1. The van der Waals surface area contributed by atoms with E-state index in [4.69, 9.17) is 5.11 Å². The highest BCUT2D eigenvalue weighted by Crippen LogP contribution is 2.45. The number of nitrogens with zero attached hydrogens (tertiary/aromatic N) is 1. The summed E-state index contributed by atoms with van der Waals surface area (Å²) >= 11 is 0. The molecular formula is C17H22FNO3. The van der Waals surface area contributed by atoms with Gasteiger partial charge in [-0.3, -0.25) is 9.59 Å². The van der Waals surface area contributed by atoms with Gasteiger partial charge in [0.2, 0.25) is 5.91 Å². The van der Waals surface area contributed by atoms with Gasteiger partial charge in [0.25, 0.3) is 0 Å². The molecule has 0 heterocycles. The van der Waals surface area contributed by atoms with Crippen LogP contribution in [0.4, 0.5) is 4.39 Å². The summed E-state index contributed by atoms with van der Waals surface area (Å²) in [4.78, 5) is 25.2. The fourth-order valence-corrected chi connectivity index (χ4v) is 3.08. The molecule has 1 fully saturated rings. The predicted octanol–water partition coefficient (Wildman–Crippen LogP) is 2.86. The molecule has 0 atom stereocenters. The number of hydrogen-bond donors (Lipinski definition) is 1. The molecule has 0 radical (unpaired) electrons. The van der Waals surface area contributed by atoms with E-state index < -0.39 is 11.4 Å². The number of amides is 1. The van der Waals surface area contributed by atoms with Crippen molar-refractivity contribution in [2.24, 2.45) is 5.41 Å². The first-order valence-corrected chi connectivity index (χ1v) is 7.72. The number of carbonyl (C=O) groups is 2. The van der Waals surface area contributed by atoms with Crippen LogP contribution in [-0.4, -0.2) is 35.0 Å². The van der Waals surface area contributed by atoms with Crippen molar-refractivity contribution in [2.75, 3.05) is 13.1 Å². The van der Waals surface area contributed by atoms with Crippen molar-refractivity contribution in [1.82, 2.24) is 4.90 Å². The Balaban J connectivity index is 2.11. The van der Waals surface area contributed by atoms with Crippen LogP contribution in [-0.2, 0) is 16.0 Å². The summed E-state index contributed by atoms with van der Waals surface area (Å²) in [6, 6.07) is 6.36. The Morgan fingerprint density at radius 3 is 2.59 bits per heavy atom. The molecule has 1 aromatic rings. The highest BCUT2D eigenvalue weighted by molar-refractivity contribution is 5.84. The van der Waals surface area contributed by atoms with Crippen molar-refractivity contribution >= 4 is 11.9 Å². The van der Waals surface area contributed by atoms with Gasteiger partial charge in [0.15, 0.2) is 0 Å². The molecule has 5 heteroatoms. The second-order valence-electron chi connectivity index (χ2n) is 5.97. The number of carbonyl (C=O) groups excluding carboxylic acids is 1. The van der Waals surface area contributed by atoms with Crippen LogP contribution in [0, 0.1) is 11.2 Å². The Morgan fingerprint density at radius 2 is 2.09 bits per heavy atom. The maximum Gasteiger partial charge on any atom is 0.305 e. The molecule has 1 aromatic carbocycles. The first-order chi connectivity index (χ1) is 10.5. The minimum absolute atomic E-state index is 0.00626. The van der Waals surface area contributed by atoms with E-state index in [1.807, 2.05) is 13.0 Å². The van der Waals surface area contributed by atoms with Crippen molar-refractivity contribution < 1.29 is 19.1 Å². The highest BCUT2D eigenvalue weighted by atomic mass is 19.1. The van der Waals surface area contributed by atoms with Crippen LogP contribution in [0.1, 0.15) is 38.2 Å². The average molecular weight is 307 g/mol. The van der Waals surface area contributed by atoms with Gasteiger partial charge >= 0.3 is 5.97 Å². The summed E-state index contributed by atoms with van der Waals surface area (Å²) in [6.07, 6.45) is 3.03. The second-order valence-corrected chi connectivity index (χ2v) is 5.97. The van der Waals surface area contributed by atoms with Gasteiger partial charge in [0.1, 0.15) is 5.82 Å². The molecule has 1 aliphatic carbocycles. The second kappa shape index (κ2) is 6.90. The molecule has 22 heavy (non-hydrogen) atoms. The first kappa shape index (κ1) is 16.5. The Morgan fingerprint density at radius 1 is 1.36 bits per heavy atom. The average Bonchev–Trinajstić information content (AvgIpc) is 2.43. The molecule has 4 nitrogen and oxygen atoms in total. The minimum Gasteiger partial charge on any atom is -0.481 e. The van der Waals surface area contributed by atoms with Crippen molar-refractivity contribution in [3.05, 3.63) is 35.6 Å². The standard InChI is InChI=1S/C17H22FNO3/c1-2-19(10-7-15(20)21)16(22)17(8-4-9-17)12-13-5-3-6-14(18)11-13/h3,5-6,11H,2,4,7-10,12H2,1H3,(H,20,21). The summed E-state index contributed by atoms with van der Waals surface area (Å²) in [5.74, 6) is -1.19. The summed E-state index contributed by atoms with van der Waals surface area (Å²) in [5.41, 5.74) is 0.338. The molecule has 120 valence electrons. The molecule has 1 saturated carbocycles. The molecule has 0 unspecified atom stereocenters. The van der Waals surface area contributed by atoms with Crippen molar-refractivity contribution in [3.8, 4) is 0 Å². The zero-order chi connectivity index (χ0) is 16.2. The normalized spacial score (nSPS) is 15.9. The van der Waals surface area contributed by atoms with Gasteiger partial charge in [-0.2, -0.15) is 0 Å². The van der Waals surface area contributed by atoms with Gasteiger partial charge in [0, 0.05) is 13.1 Å². The fourth-order valence-electron chi connectivity index (χ4n) is 3.08. The lowest BCUT2D eigenvalue weighted by atomic mass is 9.64. The third-order valence-corrected chi connectivity index (χ3v) is 4.46. The number of halogens is 1. The number of benzene rings is 1. The van der Waals surface area contributed by atoms with E-state index in [9.17, 15) is 14.0 Å². The van der Waals surface area contributed by atoms with Crippen LogP contribution in [0.25, 0.3) is 0 Å². The van der Waals surface area contributed by atoms with Gasteiger partial charge in [-0.05, 0) is 43.9 Å². The van der Waals surface area contributed by atoms with Crippen molar-refractivity contribution in [2.45, 2.75) is 39.0 Å². The van der Waals surface area contributed by atoms with E-state index in [-0.39, 0.29) is 24.7 Å². The van der Waals surface area contributed by atoms with E-state index in [0.29, 0.717) is 13.0 Å². The fraction of sp³-hybridized carbons (Fsp3) is 0.529. The van der Waals surface area contributed by atoms with Crippen LogP contribution in [0.2, 0.25) is 0 Å². The van der Waals surface area contributed by atoms with Crippen LogP contribution in [0.15, 0.2) is 24.3 Å². The van der Waals surface area contributed by atoms with E-state index in [1.165, 1.54) is 12.1 Å². The minimum atomic E-state index is -0.904. The summed E-state index contributed by atoms with van der Waals surface area (Å²) in [6.45, 7) is 2.58. The predicted molar refractivity (Wildman–Crippen MR) is 80.9 cm³/mol. The third-order valence-electron chi connectivity index (χ3n) is 4.46. The number of hydrogen-bond acceptors (Lipinski definition) is 2. The Labute approximate surface area is 129 Å². The maximum atomic E-state index is 13.3. The molecule has 2 rings (SSSR count). The maximum absolute atomic E-state index is 13.3. The SMILES string of the molecule is CCN(CCC(=O)O)C(=O)C1(Cc2cccc(F)c2)CCC1. The van der Waals surface area contributed by atoms with Crippen LogP contribution >= 0.6 is 0 Å². The molecular weight excluding hydrogens is 285 g/mol. The molecule has 0 saturated heterocycles. The smallest absolute Gasteiger partial charge is 0.305 e. The van der Waals surface area contributed by atoms with Gasteiger partial charge in [-0.15, -0.1) is 0 Å². The zero-order valence-electron chi connectivity index (χ0n) is 12.8. The Bertz CT molecular complexity index is 555. The van der Waals surface area contributed by atoms with Gasteiger partial charge < -0.3 is 10.0 Å². The lowest BCUT2D eigenvalue weighted by Gasteiger charge is -2.43. The monoisotopic (exact) mass is 307 g/mol. The number of carboxylic acids is 1. The van der Waals surface area contributed by atoms with Crippen molar-refractivity contribution in [3.63, 3.8) is 0 Å². The lowest BCUT2D eigenvalue weighted by Crippen LogP contribution is -2.49. The largest absolute Gasteiger partial charge is 0.481 e. The van der Waals surface area contributed by atoms with Crippen molar-refractivity contribution in [1.29, 1.82) is 0 Å². The third kappa shape index (κ3) is 3.64. The molecule has 0 aliphatic heterocycles. The van der Waals surface area contributed by atoms with Crippen LogP contribution in [0.3, 0.4) is 0 Å². The molecule has 1 N–H and O–H groups in total. The first-order valence-electron chi connectivity index (χ1n) is 7.72. The molecule has 1 aliphatic rings. The number of aliphatic carboxylic acids is 1. The van der Waals surface area contributed by atoms with Crippen LogP contribution < -0.4 is 0 Å². The quantitative estimate of drug-likeness (QED) is 0.842. The summed E-state index contributed by atoms with van der Waals surface area (Å²) < 4.78 is 13.3. The van der Waals surface area contributed by atoms with E-state index in [1.54, 1.807) is 11.0 Å². The topological polar surface area (TPSA) is 57.6 Å². The van der Waals surface area contributed by atoms with E-state index in [0.717, 1.165) is 24.8 Å². The van der Waals surface area contributed by atoms with Gasteiger partial charge in [-0.1, -0.05) is 18.6 Å². The zero-order valence-corrected chi connectivity index (χ0v) is 12.8. The molecule has 0 bridgehead atoms. The van der Waals surface area contributed by atoms with E-state index in [2.05, 4.69) is 0 Å². The molecule has 0 spiro atoms. The van der Waals surface area contributed by atoms with Gasteiger partial charge in [0.05, 0.1) is 11.8 Å².